The summed E-state index contributed by atoms with van der Waals surface area (Å²) in [6.07, 6.45) is 8.67. The zero-order valence-corrected chi connectivity index (χ0v) is 20.9. The Morgan fingerprint density at radius 1 is 1.17 bits per heavy atom. The van der Waals surface area contributed by atoms with Crippen molar-refractivity contribution in [2.24, 2.45) is 11.8 Å². The lowest BCUT2D eigenvalue weighted by atomic mass is 9.89. The normalized spacial score (nSPS) is 22.9. The first-order valence-corrected chi connectivity index (χ1v) is 13.8. The maximum absolute atomic E-state index is 13.3. The van der Waals surface area contributed by atoms with Gasteiger partial charge in [0.1, 0.15) is 17.8 Å². The summed E-state index contributed by atoms with van der Waals surface area (Å²) in [5.74, 6) is 1.25. The summed E-state index contributed by atoms with van der Waals surface area (Å²) in [6, 6.07) is 1.61. The SMILES string of the molecule is CCOc1cncc(-c2cnc(C(=O)NC3(c4cc(NS(=O)(=O)CC)ncn4)CC4CC4C3)s2)n1. The monoisotopic (exact) mass is 515 g/mol. The highest BCUT2D eigenvalue weighted by Gasteiger charge is 2.56. The fourth-order valence-electron chi connectivity index (χ4n) is 4.52. The molecule has 0 saturated heterocycles. The fraction of sp³-hybridized carbons (Fsp3) is 0.455. The van der Waals surface area contributed by atoms with Gasteiger partial charge < -0.3 is 10.1 Å². The highest BCUT2D eigenvalue weighted by atomic mass is 32.2. The molecular weight excluding hydrogens is 490 g/mol. The van der Waals surface area contributed by atoms with Gasteiger partial charge in [-0.05, 0) is 44.9 Å². The Bertz CT molecular complexity index is 1350. The van der Waals surface area contributed by atoms with Crippen molar-refractivity contribution in [1.82, 2.24) is 30.2 Å². The van der Waals surface area contributed by atoms with Gasteiger partial charge in [-0.2, -0.15) is 0 Å². The molecule has 5 rings (SSSR count). The molecule has 3 aromatic heterocycles. The van der Waals surface area contributed by atoms with Crippen LogP contribution in [0.3, 0.4) is 0 Å². The van der Waals surface area contributed by atoms with Crippen molar-refractivity contribution in [2.45, 2.75) is 38.6 Å². The molecule has 2 aliphatic carbocycles. The number of nitrogens with one attached hydrogen (secondary N) is 2. The molecule has 1 amide bonds. The van der Waals surface area contributed by atoms with E-state index in [9.17, 15) is 13.2 Å². The van der Waals surface area contributed by atoms with Crippen molar-refractivity contribution in [3.05, 3.63) is 41.7 Å². The highest BCUT2D eigenvalue weighted by Crippen LogP contribution is 2.59. The number of carbonyl (C=O) groups is 1. The van der Waals surface area contributed by atoms with E-state index in [2.05, 4.69) is 35.0 Å². The molecular formula is C22H25N7O4S2. The maximum atomic E-state index is 13.3. The molecule has 184 valence electrons. The minimum atomic E-state index is -3.49. The van der Waals surface area contributed by atoms with Gasteiger partial charge in [-0.25, -0.2) is 28.4 Å². The second-order valence-electron chi connectivity index (χ2n) is 8.70. The van der Waals surface area contributed by atoms with Gasteiger partial charge in [0.05, 0.1) is 40.9 Å². The largest absolute Gasteiger partial charge is 0.477 e. The van der Waals surface area contributed by atoms with Crippen molar-refractivity contribution in [2.75, 3.05) is 17.1 Å². The van der Waals surface area contributed by atoms with E-state index in [4.69, 9.17) is 4.74 Å². The lowest BCUT2D eigenvalue weighted by molar-refractivity contribution is 0.0888. The number of carbonyl (C=O) groups excluding carboxylic acids is 1. The van der Waals surface area contributed by atoms with Gasteiger partial charge in [-0.3, -0.25) is 14.5 Å². The van der Waals surface area contributed by atoms with Crippen molar-refractivity contribution in [3.63, 3.8) is 0 Å². The number of thiazole rings is 1. The zero-order chi connectivity index (χ0) is 24.6. The quantitative estimate of drug-likeness (QED) is 0.438. The van der Waals surface area contributed by atoms with Crippen LogP contribution in [0.2, 0.25) is 0 Å². The third-order valence-electron chi connectivity index (χ3n) is 6.30. The summed E-state index contributed by atoms with van der Waals surface area (Å²) >= 11 is 1.22. The Hall–Kier alpha value is -3.19. The van der Waals surface area contributed by atoms with Crippen LogP contribution in [-0.4, -0.2) is 51.6 Å². The van der Waals surface area contributed by atoms with Crippen LogP contribution >= 0.6 is 11.3 Å². The first-order chi connectivity index (χ1) is 16.8. The molecule has 0 spiro atoms. The van der Waals surface area contributed by atoms with Crippen molar-refractivity contribution in [3.8, 4) is 16.5 Å². The van der Waals surface area contributed by atoms with E-state index in [1.165, 1.54) is 23.9 Å². The topological polar surface area (TPSA) is 149 Å². The molecule has 11 nitrogen and oxygen atoms in total. The summed E-state index contributed by atoms with van der Waals surface area (Å²) < 4.78 is 31.9. The second-order valence-corrected chi connectivity index (χ2v) is 11.7. The van der Waals surface area contributed by atoms with Crippen LogP contribution in [0.1, 0.15) is 48.6 Å². The van der Waals surface area contributed by atoms with Crippen molar-refractivity contribution < 1.29 is 17.9 Å². The van der Waals surface area contributed by atoms with Crippen LogP contribution in [-0.2, 0) is 15.6 Å². The Kier molecular flexibility index (Phi) is 6.13. The first-order valence-electron chi connectivity index (χ1n) is 11.4. The number of sulfonamides is 1. The minimum absolute atomic E-state index is 0.0669. The van der Waals surface area contributed by atoms with E-state index in [0.29, 0.717) is 45.6 Å². The van der Waals surface area contributed by atoms with E-state index in [0.717, 1.165) is 19.3 Å². The van der Waals surface area contributed by atoms with Crippen LogP contribution in [0.25, 0.3) is 10.6 Å². The highest BCUT2D eigenvalue weighted by molar-refractivity contribution is 7.92. The van der Waals surface area contributed by atoms with E-state index in [1.54, 1.807) is 25.4 Å². The first kappa shape index (κ1) is 23.5. The molecule has 3 aromatic rings. The van der Waals surface area contributed by atoms with E-state index >= 15 is 0 Å². The van der Waals surface area contributed by atoms with Gasteiger partial charge in [0.25, 0.3) is 5.91 Å². The summed E-state index contributed by atoms with van der Waals surface area (Å²) in [5.41, 5.74) is 0.461. The van der Waals surface area contributed by atoms with Crippen LogP contribution in [0, 0.1) is 11.8 Å². The number of anilines is 1. The number of hydrogen-bond donors (Lipinski definition) is 2. The molecule has 2 atom stereocenters. The van der Waals surface area contributed by atoms with Crippen LogP contribution in [0.4, 0.5) is 5.82 Å². The molecule has 35 heavy (non-hydrogen) atoms. The Morgan fingerprint density at radius 3 is 2.71 bits per heavy atom. The third kappa shape index (κ3) is 4.96. The Balaban J connectivity index is 1.39. The minimum Gasteiger partial charge on any atom is -0.477 e. The summed E-state index contributed by atoms with van der Waals surface area (Å²) in [7, 11) is -3.49. The van der Waals surface area contributed by atoms with Gasteiger partial charge in [-0.1, -0.05) is 0 Å². The maximum Gasteiger partial charge on any atom is 0.281 e. The smallest absolute Gasteiger partial charge is 0.281 e. The van der Waals surface area contributed by atoms with Crippen LogP contribution in [0.5, 0.6) is 5.88 Å². The lowest BCUT2D eigenvalue weighted by Crippen LogP contribution is -2.45. The molecule has 3 heterocycles. The number of fused-ring (bicyclic) bond motifs is 1. The average Bonchev–Trinajstić information content (AvgIpc) is 3.23. The van der Waals surface area contributed by atoms with Crippen LogP contribution < -0.4 is 14.8 Å². The molecule has 13 heteroatoms. The van der Waals surface area contributed by atoms with Gasteiger partial charge in [-0.15, -0.1) is 11.3 Å². The van der Waals surface area contributed by atoms with Gasteiger partial charge >= 0.3 is 0 Å². The molecule has 0 radical (unpaired) electrons. The Morgan fingerprint density at radius 2 is 1.97 bits per heavy atom. The van der Waals surface area contributed by atoms with E-state index in [-0.39, 0.29) is 17.5 Å². The number of rotatable bonds is 9. The number of amides is 1. The number of nitrogens with zero attached hydrogens (tertiary/aromatic N) is 5. The molecule has 0 bridgehead atoms. The molecule has 0 aliphatic heterocycles. The summed E-state index contributed by atoms with van der Waals surface area (Å²) in [4.78, 5) is 35.3. The van der Waals surface area contributed by atoms with E-state index in [1.807, 2.05) is 6.92 Å². The van der Waals surface area contributed by atoms with Crippen molar-refractivity contribution in [1.29, 1.82) is 0 Å². The van der Waals surface area contributed by atoms with E-state index < -0.39 is 15.6 Å². The molecule has 0 aromatic carbocycles. The number of aromatic nitrogens is 5. The average molecular weight is 516 g/mol. The number of ether oxygens (including phenoxy) is 1. The second kappa shape index (κ2) is 9.11. The number of hydrogen-bond acceptors (Lipinski definition) is 10. The summed E-state index contributed by atoms with van der Waals surface area (Å²) in [5, 5.41) is 3.46. The Labute approximate surface area is 206 Å². The van der Waals surface area contributed by atoms with Crippen molar-refractivity contribution >= 4 is 33.1 Å². The van der Waals surface area contributed by atoms with Gasteiger partial charge in [0.15, 0.2) is 5.01 Å². The molecule has 2 saturated carbocycles. The fourth-order valence-corrected chi connectivity index (χ4v) is 5.86. The molecule has 2 aliphatic rings. The summed E-state index contributed by atoms with van der Waals surface area (Å²) in [6.45, 7) is 3.90. The molecule has 2 fully saturated rings. The third-order valence-corrected chi connectivity index (χ3v) is 8.60. The van der Waals surface area contributed by atoms with Crippen LogP contribution in [0.15, 0.2) is 31.0 Å². The van der Waals surface area contributed by atoms with Gasteiger partial charge in [0, 0.05) is 12.3 Å². The predicted octanol–water partition coefficient (Wildman–Crippen LogP) is 2.61. The predicted molar refractivity (Wildman–Crippen MR) is 129 cm³/mol. The molecule has 2 unspecified atom stereocenters. The standard InChI is InChI=1S/C22H25N7O4S2/c1-3-33-19-11-23-9-15(27-19)16-10-24-21(34-16)20(30)28-22(7-13-5-14(13)8-22)17-6-18(26-12-25-17)29-35(31,32)4-2/h6,9-14H,3-5,7-8H2,1-2H3,(H,28,30)(H,25,26,29). The lowest BCUT2D eigenvalue weighted by Gasteiger charge is -2.31. The zero-order valence-electron chi connectivity index (χ0n) is 19.3. The molecule has 2 N–H and O–H groups in total. The van der Waals surface area contributed by atoms with Gasteiger partial charge in [0.2, 0.25) is 15.9 Å².